The Balaban J connectivity index is 1.46. The van der Waals surface area contributed by atoms with Crippen molar-refractivity contribution in [1.82, 2.24) is 30.1 Å². The average molecular weight is 344 g/mol. The first-order valence-electron chi connectivity index (χ1n) is 9.08. The maximum absolute atomic E-state index is 12.2. The summed E-state index contributed by atoms with van der Waals surface area (Å²) in [5, 5.41) is 14.3. The lowest BCUT2D eigenvalue weighted by molar-refractivity contribution is 0.101. The zero-order chi connectivity index (χ0) is 17.7. The number of likely N-dealkylation sites (N-methyl/N-ethyl adjacent to an activating group) is 1. The molecule has 0 aliphatic heterocycles. The highest BCUT2D eigenvalue weighted by atomic mass is 16.2. The second-order valence-corrected chi connectivity index (χ2v) is 7.08. The molecule has 7 heteroatoms. The van der Waals surface area contributed by atoms with Gasteiger partial charge in [-0.05, 0) is 39.1 Å². The van der Waals surface area contributed by atoms with E-state index >= 15 is 0 Å². The van der Waals surface area contributed by atoms with Gasteiger partial charge < -0.3 is 15.5 Å². The number of carbonyl (C=O) groups excluding carboxylic acids is 1. The van der Waals surface area contributed by atoms with Crippen LogP contribution in [-0.4, -0.2) is 58.3 Å². The maximum atomic E-state index is 12.2. The monoisotopic (exact) mass is 344 g/mol. The predicted octanol–water partition coefficient (Wildman–Crippen LogP) is 1.84. The molecule has 0 bridgehead atoms. The normalized spacial score (nSPS) is 16.9. The summed E-state index contributed by atoms with van der Waals surface area (Å²) in [5.74, 6) is 0.855. The van der Waals surface area contributed by atoms with E-state index in [-0.39, 0.29) is 11.6 Å². The lowest BCUT2D eigenvalue weighted by Gasteiger charge is -2.43. The predicted molar refractivity (Wildman–Crippen MR) is 97.6 cm³/mol. The van der Waals surface area contributed by atoms with Gasteiger partial charge in [-0.2, -0.15) is 0 Å². The Labute approximate surface area is 148 Å². The molecule has 0 aromatic carbocycles. The SMILES string of the molecule is CN(C)C1(CNC(=O)NCCc2nnc3ccccn23)CCCCC1. The van der Waals surface area contributed by atoms with Crippen molar-refractivity contribution in [2.75, 3.05) is 27.2 Å². The first kappa shape index (κ1) is 17.7. The van der Waals surface area contributed by atoms with Crippen LogP contribution in [-0.2, 0) is 6.42 Å². The van der Waals surface area contributed by atoms with Crippen molar-refractivity contribution in [2.45, 2.75) is 44.1 Å². The van der Waals surface area contributed by atoms with Crippen molar-refractivity contribution in [3.05, 3.63) is 30.2 Å². The number of rotatable bonds is 6. The van der Waals surface area contributed by atoms with Gasteiger partial charge in [-0.15, -0.1) is 10.2 Å². The van der Waals surface area contributed by atoms with Crippen LogP contribution in [0.5, 0.6) is 0 Å². The fraction of sp³-hybridized carbons (Fsp3) is 0.611. The molecule has 2 N–H and O–H groups in total. The van der Waals surface area contributed by atoms with Crippen molar-refractivity contribution in [3.8, 4) is 0 Å². The minimum atomic E-state index is -0.111. The lowest BCUT2D eigenvalue weighted by Crippen LogP contribution is -2.55. The van der Waals surface area contributed by atoms with Crippen LogP contribution in [0.2, 0.25) is 0 Å². The van der Waals surface area contributed by atoms with Crippen molar-refractivity contribution < 1.29 is 4.79 Å². The first-order valence-corrected chi connectivity index (χ1v) is 9.08. The topological polar surface area (TPSA) is 74.6 Å². The number of amides is 2. The number of carbonyl (C=O) groups is 1. The molecule has 1 fully saturated rings. The van der Waals surface area contributed by atoms with E-state index < -0.39 is 0 Å². The third-order valence-electron chi connectivity index (χ3n) is 5.33. The second-order valence-electron chi connectivity index (χ2n) is 7.08. The Hall–Kier alpha value is -2.15. The van der Waals surface area contributed by atoms with Gasteiger partial charge >= 0.3 is 6.03 Å². The summed E-state index contributed by atoms with van der Waals surface area (Å²) in [7, 11) is 4.22. The van der Waals surface area contributed by atoms with E-state index in [0.717, 1.165) is 24.3 Å². The van der Waals surface area contributed by atoms with Gasteiger partial charge in [-0.1, -0.05) is 25.3 Å². The highest BCUT2D eigenvalue weighted by molar-refractivity contribution is 5.73. The molecule has 1 saturated carbocycles. The molecule has 136 valence electrons. The van der Waals surface area contributed by atoms with Crippen LogP contribution in [0.1, 0.15) is 37.9 Å². The smallest absolute Gasteiger partial charge is 0.314 e. The fourth-order valence-corrected chi connectivity index (χ4v) is 3.65. The van der Waals surface area contributed by atoms with Crippen LogP contribution in [0.3, 0.4) is 0 Å². The van der Waals surface area contributed by atoms with E-state index in [1.807, 2.05) is 28.8 Å². The van der Waals surface area contributed by atoms with E-state index in [1.165, 1.54) is 19.3 Å². The third kappa shape index (κ3) is 4.10. The molecule has 1 aliphatic rings. The summed E-state index contributed by atoms with van der Waals surface area (Å²) in [6.07, 6.45) is 8.65. The number of urea groups is 1. The fourth-order valence-electron chi connectivity index (χ4n) is 3.65. The minimum Gasteiger partial charge on any atom is -0.338 e. The molecule has 2 heterocycles. The molecule has 0 radical (unpaired) electrons. The molecule has 0 unspecified atom stereocenters. The van der Waals surface area contributed by atoms with E-state index in [2.05, 4.69) is 39.8 Å². The van der Waals surface area contributed by atoms with E-state index in [0.29, 0.717) is 19.5 Å². The Morgan fingerprint density at radius 2 is 2.00 bits per heavy atom. The number of nitrogens with zero attached hydrogens (tertiary/aromatic N) is 4. The van der Waals surface area contributed by atoms with Gasteiger partial charge in [0, 0.05) is 31.2 Å². The summed E-state index contributed by atoms with van der Waals surface area (Å²) >= 11 is 0. The van der Waals surface area contributed by atoms with Crippen molar-refractivity contribution >= 4 is 11.7 Å². The molecule has 2 amide bonds. The molecule has 0 atom stereocenters. The average Bonchev–Trinajstić information content (AvgIpc) is 3.04. The zero-order valence-electron chi connectivity index (χ0n) is 15.2. The first-order chi connectivity index (χ1) is 12.1. The third-order valence-corrected chi connectivity index (χ3v) is 5.33. The van der Waals surface area contributed by atoms with Gasteiger partial charge in [0.25, 0.3) is 0 Å². The molecule has 1 aliphatic carbocycles. The molecule has 2 aromatic heterocycles. The molecule has 3 rings (SSSR count). The van der Waals surface area contributed by atoms with Gasteiger partial charge in [0.1, 0.15) is 5.82 Å². The van der Waals surface area contributed by atoms with E-state index in [4.69, 9.17) is 0 Å². The Morgan fingerprint density at radius 3 is 2.76 bits per heavy atom. The molecule has 0 saturated heterocycles. The largest absolute Gasteiger partial charge is 0.338 e. The summed E-state index contributed by atoms with van der Waals surface area (Å²) in [5.41, 5.74) is 0.922. The van der Waals surface area contributed by atoms with Gasteiger partial charge in [0.05, 0.1) is 0 Å². The Bertz CT molecular complexity index is 704. The minimum absolute atomic E-state index is 0.0960. The molecule has 2 aromatic rings. The molecule has 7 nitrogen and oxygen atoms in total. The number of hydrogen-bond donors (Lipinski definition) is 2. The van der Waals surface area contributed by atoms with Crippen LogP contribution < -0.4 is 10.6 Å². The Kier molecular flexibility index (Phi) is 5.53. The van der Waals surface area contributed by atoms with Crippen molar-refractivity contribution in [1.29, 1.82) is 0 Å². The van der Waals surface area contributed by atoms with Crippen LogP contribution >= 0.6 is 0 Å². The number of nitrogens with one attached hydrogen (secondary N) is 2. The summed E-state index contributed by atoms with van der Waals surface area (Å²) in [6, 6.07) is 5.69. The molecule has 25 heavy (non-hydrogen) atoms. The lowest BCUT2D eigenvalue weighted by atomic mass is 9.80. The summed E-state index contributed by atoms with van der Waals surface area (Å²) < 4.78 is 1.95. The number of pyridine rings is 1. The Morgan fingerprint density at radius 1 is 1.20 bits per heavy atom. The summed E-state index contributed by atoms with van der Waals surface area (Å²) in [6.45, 7) is 1.23. The molecular formula is C18H28N6O. The second kappa shape index (κ2) is 7.82. The maximum Gasteiger partial charge on any atom is 0.314 e. The molecule has 0 spiro atoms. The van der Waals surface area contributed by atoms with Gasteiger partial charge in [0.15, 0.2) is 5.65 Å². The van der Waals surface area contributed by atoms with Gasteiger partial charge in [-0.3, -0.25) is 4.40 Å². The van der Waals surface area contributed by atoms with Crippen LogP contribution in [0.15, 0.2) is 24.4 Å². The zero-order valence-corrected chi connectivity index (χ0v) is 15.2. The quantitative estimate of drug-likeness (QED) is 0.838. The van der Waals surface area contributed by atoms with Crippen molar-refractivity contribution in [2.24, 2.45) is 0 Å². The van der Waals surface area contributed by atoms with Crippen LogP contribution in [0.25, 0.3) is 5.65 Å². The van der Waals surface area contributed by atoms with Gasteiger partial charge in [0.2, 0.25) is 0 Å². The van der Waals surface area contributed by atoms with Crippen LogP contribution in [0.4, 0.5) is 4.79 Å². The van der Waals surface area contributed by atoms with Gasteiger partial charge in [-0.25, -0.2) is 4.79 Å². The number of hydrogen-bond acceptors (Lipinski definition) is 4. The number of aromatic nitrogens is 3. The van der Waals surface area contributed by atoms with Crippen LogP contribution in [0, 0.1) is 0 Å². The number of fused-ring (bicyclic) bond motifs is 1. The molecular weight excluding hydrogens is 316 g/mol. The highest BCUT2D eigenvalue weighted by Gasteiger charge is 2.34. The van der Waals surface area contributed by atoms with Crippen molar-refractivity contribution in [3.63, 3.8) is 0 Å². The highest BCUT2D eigenvalue weighted by Crippen LogP contribution is 2.31. The standard InChI is InChI=1S/C18H28N6O/c1-23(2)18(10-5-3-6-11-18)14-20-17(25)19-12-9-16-22-21-15-8-4-7-13-24(15)16/h4,7-8,13H,3,5-6,9-12,14H2,1-2H3,(H2,19,20,25). The summed E-state index contributed by atoms with van der Waals surface area (Å²) in [4.78, 5) is 14.4. The van der Waals surface area contributed by atoms with E-state index in [9.17, 15) is 4.79 Å². The van der Waals surface area contributed by atoms with E-state index in [1.54, 1.807) is 0 Å².